The summed E-state index contributed by atoms with van der Waals surface area (Å²) in [5.74, 6) is 0.948. The van der Waals surface area contributed by atoms with Gasteiger partial charge in [-0.2, -0.15) is 11.8 Å². The molecule has 3 N–H and O–H groups in total. The molecule has 1 rings (SSSR count). The summed E-state index contributed by atoms with van der Waals surface area (Å²) >= 11 is 1.71. The van der Waals surface area contributed by atoms with E-state index >= 15 is 0 Å². The van der Waals surface area contributed by atoms with E-state index in [2.05, 4.69) is 4.72 Å². The molecule has 0 heterocycles. The van der Waals surface area contributed by atoms with Crippen LogP contribution in [0.2, 0.25) is 0 Å². The number of thioether (sulfide) groups is 1. The van der Waals surface area contributed by atoms with Crippen LogP contribution in [0.1, 0.15) is 23.1 Å². The molecular weight excluding hydrogens is 280 g/mol. The Balaban J connectivity index is 2.97. The molecule has 1 aromatic carbocycles. The lowest BCUT2D eigenvalue weighted by Crippen LogP contribution is -2.26. The van der Waals surface area contributed by atoms with Gasteiger partial charge in [0, 0.05) is 13.1 Å². The number of hydrogen-bond acceptors (Lipinski definition) is 4. The van der Waals surface area contributed by atoms with Gasteiger partial charge in [0.2, 0.25) is 10.0 Å². The van der Waals surface area contributed by atoms with Gasteiger partial charge in [-0.1, -0.05) is 6.07 Å². The number of rotatable bonds is 7. The molecule has 0 saturated heterocycles. The van der Waals surface area contributed by atoms with Gasteiger partial charge in [0.05, 0.1) is 4.90 Å². The van der Waals surface area contributed by atoms with E-state index in [1.165, 1.54) is 0 Å². The molecule has 0 unspecified atom stereocenters. The number of sulfonamides is 1. The fourth-order valence-corrected chi connectivity index (χ4v) is 3.67. The summed E-state index contributed by atoms with van der Waals surface area (Å²) in [6, 6.07) is 3.60. The zero-order valence-corrected chi connectivity index (χ0v) is 13.3. The van der Waals surface area contributed by atoms with Gasteiger partial charge < -0.3 is 5.73 Å². The van der Waals surface area contributed by atoms with Crippen molar-refractivity contribution in [2.24, 2.45) is 5.73 Å². The van der Waals surface area contributed by atoms with Gasteiger partial charge in [0.15, 0.2) is 0 Å². The minimum Gasteiger partial charge on any atom is -0.326 e. The van der Waals surface area contributed by atoms with Gasteiger partial charge >= 0.3 is 0 Å². The fourth-order valence-electron chi connectivity index (χ4n) is 1.80. The highest BCUT2D eigenvalue weighted by atomic mass is 32.2. The summed E-state index contributed by atoms with van der Waals surface area (Å²) < 4.78 is 27.2. The molecule has 0 aromatic heterocycles. The van der Waals surface area contributed by atoms with E-state index < -0.39 is 10.0 Å². The average Bonchev–Trinajstić information content (AvgIpc) is 2.37. The Hall–Kier alpha value is -0.560. The van der Waals surface area contributed by atoms with Gasteiger partial charge in [-0.15, -0.1) is 0 Å². The molecule has 0 aliphatic heterocycles. The molecule has 0 amide bonds. The molecule has 19 heavy (non-hydrogen) atoms. The molecular formula is C13H22N2O2S2. The molecule has 0 spiro atoms. The molecule has 0 aliphatic rings. The monoisotopic (exact) mass is 302 g/mol. The van der Waals surface area contributed by atoms with Crippen LogP contribution < -0.4 is 10.5 Å². The Bertz CT molecular complexity index is 528. The first-order valence-corrected chi connectivity index (χ1v) is 9.09. The van der Waals surface area contributed by atoms with Gasteiger partial charge in [-0.05, 0) is 55.0 Å². The highest BCUT2D eigenvalue weighted by Crippen LogP contribution is 2.20. The maximum atomic E-state index is 12.3. The summed E-state index contributed by atoms with van der Waals surface area (Å²) in [5.41, 5.74) is 8.18. The highest BCUT2D eigenvalue weighted by molar-refractivity contribution is 7.98. The number of benzene rings is 1. The first-order valence-electron chi connectivity index (χ1n) is 6.21. The van der Waals surface area contributed by atoms with Crippen molar-refractivity contribution < 1.29 is 8.42 Å². The minimum absolute atomic E-state index is 0.343. The first-order chi connectivity index (χ1) is 8.92. The van der Waals surface area contributed by atoms with Gasteiger partial charge in [-0.25, -0.2) is 13.1 Å². The Morgan fingerprint density at radius 3 is 2.58 bits per heavy atom. The SMILES string of the molecule is CSCCCNS(=O)(=O)c1cc(CN)cc(C)c1C. The molecule has 0 atom stereocenters. The van der Waals surface area contributed by atoms with Crippen LogP contribution in [0.25, 0.3) is 0 Å². The minimum atomic E-state index is -3.44. The molecule has 0 aliphatic carbocycles. The summed E-state index contributed by atoms with van der Waals surface area (Å²) in [7, 11) is -3.44. The van der Waals surface area contributed by atoms with Crippen LogP contribution in [0.5, 0.6) is 0 Å². The number of hydrogen-bond donors (Lipinski definition) is 2. The Kier molecular flexibility index (Phi) is 6.32. The van der Waals surface area contributed by atoms with Crippen LogP contribution >= 0.6 is 11.8 Å². The van der Waals surface area contributed by atoms with Crippen LogP contribution in [-0.2, 0) is 16.6 Å². The number of nitrogens with one attached hydrogen (secondary N) is 1. The first kappa shape index (κ1) is 16.5. The van der Waals surface area contributed by atoms with Crippen molar-refractivity contribution in [3.8, 4) is 0 Å². The standard InChI is InChI=1S/C13H22N2O2S2/c1-10-7-12(9-14)8-13(11(10)2)19(16,17)15-5-4-6-18-3/h7-8,15H,4-6,9,14H2,1-3H3. The third kappa shape index (κ3) is 4.49. The van der Waals surface area contributed by atoms with Crippen LogP contribution in [-0.4, -0.2) is 27.0 Å². The van der Waals surface area contributed by atoms with Gasteiger partial charge in [-0.3, -0.25) is 0 Å². The third-order valence-corrected chi connectivity index (χ3v) is 5.31. The van der Waals surface area contributed by atoms with E-state index in [9.17, 15) is 8.42 Å². The molecule has 4 nitrogen and oxygen atoms in total. The van der Waals surface area contributed by atoms with Crippen LogP contribution in [0.3, 0.4) is 0 Å². The smallest absolute Gasteiger partial charge is 0.240 e. The predicted octanol–water partition coefficient (Wildman–Crippen LogP) is 1.79. The molecule has 6 heteroatoms. The largest absolute Gasteiger partial charge is 0.326 e. The quantitative estimate of drug-likeness (QED) is 0.753. The second kappa shape index (κ2) is 7.28. The average molecular weight is 302 g/mol. The lowest BCUT2D eigenvalue weighted by Gasteiger charge is -2.13. The predicted molar refractivity (Wildman–Crippen MR) is 82.0 cm³/mol. The number of nitrogens with two attached hydrogens (primary N) is 1. The highest BCUT2D eigenvalue weighted by Gasteiger charge is 2.18. The summed E-state index contributed by atoms with van der Waals surface area (Å²) in [6.45, 7) is 4.54. The van der Waals surface area contributed by atoms with Crippen LogP contribution in [0, 0.1) is 13.8 Å². The molecule has 0 bridgehead atoms. The molecule has 0 saturated carbocycles. The molecule has 0 radical (unpaired) electrons. The second-order valence-electron chi connectivity index (χ2n) is 4.48. The van der Waals surface area contributed by atoms with Gasteiger partial charge in [0.1, 0.15) is 0 Å². The maximum Gasteiger partial charge on any atom is 0.240 e. The Labute approximate surface area is 120 Å². The van der Waals surface area contributed by atoms with E-state index in [4.69, 9.17) is 5.73 Å². The molecule has 0 fully saturated rings. The van der Waals surface area contributed by atoms with E-state index in [-0.39, 0.29) is 0 Å². The normalized spacial score (nSPS) is 11.8. The second-order valence-corrected chi connectivity index (χ2v) is 7.21. The van der Waals surface area contributed by atoms with E-state index in [1.807, 2.05) is 26.2 Å². The molecule has 108 valence electrons. The van der Waals surface area contributed by atoms with Crippen molar-refractivity contribution >= 4 is 21.8 Å². The topological polar surface area (TPSA) is 72.2 Å². The maximum absolute atomic E-state index is 12.3. The zero-order chi connectivity index (χ0) is 14.5. The van der Waals surface area contributed by atoms with E-state index in [0.29, 0.717) is 18.0 Å². The van der Waals surface area contributed by atoms with Crippen molar-refractivity contribution in [3.63, 3.8) is 0 Å². The van der Waals surface area contributed by atoms with Crippen LogP contribution in [0.4, 0.5) is 0 Å². The van der Waals surface area contributed by atoms with Gasteiger partial charge in [0.25, 0.3) is 0 Å². The summed E-state index contributed by atoms with van der Waals surface area (Å²) in [4.78, 5) is 0.345. The fraction of sp³-hybridized carbons (Fsp3) is 0.538. The summed E-state index contributed by atoms with van der Waals surface area (Å²) in [6.07, 6.45) is 2.84. The van der Waals surface area contributed by atoms with Crippen molar-refractivity contribution in [1.82, 2.24) is 4.72 Å². The van der Waals surface area contributed by atoms with E-state index in [0.717, 1.165) is 28.9 Å². The van der Waals surface area contributed by atoms with E-state index in [1.54, 1.807) is 17.8 Å². The van der Waals surface area contributed by atoms with Crippen LogP contribution in [0.15, 0.2) is 17.0 Å². The zero-order valence-electron chi connectivity index (χ0n) is 11.7. The van der Waals surface area contributed by atoms with Crippen molar-refractivity contribution in [2.75, 3.05) is 18.6 Å². The third-order valence-electron chi connectivity index (χ3n) is 3.02. The summed E-state index contributed by atoms with van der Waals surface area (Å²) in [5, 5.41) is 0. The van der Waals surface area contributed by atoms with Crippen molar-refractivity contribution in [2.45, 2.75) is 31.7 Å². The lowest BCUT2D eigenvalue weighted by atomic mass is 10.1. The van der Waals surface area contributed by atoms with Crippen molar-refractivity contribution in [1.29, 1.82) is 0 Å². The van der Waals surface area contributed by atoms with Crippen molar-refractivity contribution in [3.05, 3.63) is 28.8 Å². The Morgan fingerprint density at radius 2 is 2.00 bits per heavy atom. The Morgan fingerprint density at radius 1 is 1.32 bits per heavy atom. The molecule has 1 aromatic rings. The lowest BCUT2D eigenvalue weighted by molar-refractivity contribution is 0.580. The number of aryl methyl sites for hydroxylation is 1.